The van der Waals surface area contributed by atoms with Gasteiger partial charge in [-0.3, -0.25) is 0 Å². The minimum Gasteiger partial charge on any atom is -0.468 e. The second-order valence-corrected chi connectivity index (χ2v) is 3.00. The van der Waals surface area contributed by atoms with Gasteiger partial charge in [-0.15, -0.1) is 0 Å². The molecule has 0 saturated carbocycles. The van der Waals surface area contributed by atoms with Crippen LogP contribution >= 0.6 is 0 Å². The van der Waals surface area contributed by atoms with Crippen LogP contribution in [0.4, 0.5) is 26.3 Å². The molecule has 0 aromatic carbocycles. The van der Waals surface area contributed by atoms with E-state index < -0.39 is 37.3 Å². The second kappa shape index (κ2) is 5.27. The van der Waals surface area contributed by atoms with Crippen molar-refractivity contribution in [1.82, 2.24) is 9.97 Å². The number of rotatable bonds is 4. The Morgan fingerprint density at radius 1 is 0.833 bits per heavy atom. The molecule has 0 aliphatic heterocycles. The molecular weight excluding hydrogens is 270 g/mol. The Morgan fingerprint density at radius 2 is 1.22 bits per heavy atom. The fraction of sp³-hybridized carbons (Fsp3) is 0.500. The number of nitrogens with zero attached hydrogens (tertiary/aromatic N) is 2. The van der Waals surface area contributed by atoms with E-state index in [-0.39, 0.29) is 0 Å². The Labute approximate surface area is 96.6 Å². The van der Waals surface area contributed by atoms with Crippen LogP contribution in [-0.2, 0) is 0 Å². The van der Waals surface area contributed by atoms with Gasteiger partial charge in [0.1, 0.15) is 6.33 Å². The largest absolute Gasteiger partial charge is 0.468 e. The molecule has 18 heavy (non-hydrogen) atoms. The first kappa shape index (κ1) is 14.3. The molecule has 10 heteroatoms. The number of alkyl halides is 6. The van der Waals surface area contributed by atoms with E-state index in [0.29, 0.717) is 0 Å². The molecule has 0 amide bonds. The van der Waals surface area contributed by atoms with Crippen molar-refractivity contribution in [2.75, 3.05) is 13.2 Å². The van der Waals surface area contributed by atoms with Crippen molar-refractivity contribution in [3.8, 4) is 11.8 Å². The first-order chi connectivity index (χ1) is 8.16. The summed E-state index contributed by atoms with van der Waals surface area (Å²) in [5.74, 6) is -1.06. The van der Waals surface area contributed by atoms with E-state index in [0.717, 1.165) is 12.4 Å². The smallest absolute Gasteiger partial charge is 0.422 e. The van der Waals surface area contributed by atoms with Gasteiger partial charge in [-0.25, -0.2) is 9.97 Å². The third-order valence-electron chi connectivity index (χ3n) is 1.38. The monoisotopic (exact) mass is 276 g/mol. The van der Waals surface area contributed by atoms with E-state index in [1.54, 1.807) is 0 Å². The summed E-state index contributed by atoms with van der Waals surface area (Å²) in [6, 6.07) is 0.734. The fourth-order valence-corrected chi connectivity index (χ4v) is 0.792. The maximum Gasteiger partial charge on any atom is 0.422 e. The molecule has 0 fully saturated rings. The summed E-state index contributed by atoms with van der Waals surface area (Å²) in [6.45, 7) is -3.22. The quantitative estimate of drug-likeness (QED) is 0.792. The molecule has 0 radical (unpaired) electrons. The molecule has 0 saturated heterocycles. The number of halogens is 6. The van der Waals surface area contributed by atoms with Gasteiger partial charge < -0.3 is 9.47 Å². The van der Waals surface area contributed by atoms with Crippen molar-refractivity contribution in [1.29, 1.82) is 0 Å². The van der Waals surface area contributed by atoms with Gasteiger partial charge in [0.05, 0.1) is 6.07 Å². The average molecular weight is 276 g/mol. The van der Waals surface area contributed by atoms with Crippen molar-refractivity contribution in [2.24, 2.45) is 0 Å². The summed E-state index contributed by atoms with van der Waals surface area (Å²) in [4.78, 5) is 6.58. The van der Waals surface area contributed by atoms with E-state index in [9.17, 15) is 26.3 Å². The average Bonchev–Trinajstić information content (AvgIpc) is 2.22. The van der Waals surface area contributed by atoms with E-state index >= 15 is 0 Å². The summed E-state index contributed by atoms with van der Waals surface area (Å²) in [7, 11) is 0. The molecule has 0 aliphatic rings. The molecule has 1 heterocycles. The number of hydrogen-bond acceptors (Lipinski definition) is 4. The van der Waals surface area contributed by atoms with Crippen molar-refractivity contribution >= 4 is 0 Å². The third-order valence-corrected chi connectivity index (χ3v) is 1.38. The van der Waals surface area contributed by atoms with Crippen molar-refractivity contribution in [2.45, 2.75) is 12.4 Å². The van der Waals surface area contributed by atoms with Gasteiger partial charge in [-0.2, -0.15) is 26.3 Å². The van der Waals surface area contributed by atoms with Gasteiger partial charge in [-0.1, -0.05) is 0 Å². The van der Waals surface area contributed by atoms with E-state index in [1.807, 2.05) is 0 Å². The maximum atomic E-state index is 11.8. The molecule has 0 bridgehead atoms. The minimum absolute atomic E-state index is 0.528. The number of ether oxygens (including phenoxy) is 2. The van der Waals surface area contributed by atoms with Crippen LogP contribution in [0.5, 0.6) is 11.8 Å². The zero-order valence-electron chi connectivity index (χ0n) is 8.55. The second-order valence-electron chi connectivity index (χ2n) is 3.00. The molecular formula is C8H6F6N2O2. The van der Waals surface area contributed by atoms with Crippen LogP contribution in [0.15, 0.2) is 12.4 Å². The highest BCUT2D eigenvalue weighted by molar-refractivity contribution is 5.18. The molecule has 0 atom stereocenters. The van der Waals surface area contributed by atoms with Crippen LogP contribution in [0, 0.1) is 0 Å². The lowest BCUT2D eigenvalue weighted by molar-refractivity contribution is -0.154. The molecule has 0 aliphatic carbocycles. The highest BCUT2D eigenvalue weighted by Crippen LogP contribution is 2.20. The van der Waals surface area contributed by atoms with Crippen molar-refractivity contribution < 1.29 is 35.8 Å². The van der Waals surface area contributed by atoms with Gasteiger partial charge >= 0.3 is 12.4 Å². The summed E-state index contributed by atoms with van der Waals surface area (Å²) in [5.41, 5.74) is 0. The van der Waals surface area contributed by atoms with Crippen molar-refractivity contribution in [3.05, 3.63) is 12.4 Å². The van der Waals surface area contributed by atoms with E-state index in [1.165, 1.54) is 0 Å². The predicted octanol–water partition coefficient (Wildman–Crippen LogP) is 2.36. The predicted molar refractivity (Wildman–Crippen MR) is 45.1 cm³/mol. The van der Waals surface area contributed by atoms with Crippen LogP contribution in [0.1, 0.15) is 0 Å². The van der Waals surface area contributed by atoms with Crippen LogP contribution < -0.4 is 9.47 Å². The van der Waals surface area contributed by atoms with Gasteiger partial charge in [0.2, 0.25) is 11.8 Å². The topological polar surface area (TPSA) is 44.2 Å². The Balaban J connectivity index is 2.57. The first-order valence-corrected chi connectivity index (χ1v) is 4.37. The lowest BCUT2D eigenvalue weighted by Crippen LogP contribution is -2.21. The Kier molecular flexibility index (Phi) is 4.19. The maximum absolute atomic E-state index is 11.8. The molecule has 0 spiro atoms. The molecule has 1 rings (SSSR count). The normalized spacial score (nSPS) is 12.3. The van der Waals surface area contributed by atoms with Crippen LogP contribution in [0.3, 0.4) is 0 Å². The standard InChI is InChI=1S/C8H6F6N2O2/c9-7(10,11)2-17-5-1-6(16-4-15-5)18-3-8(12,13)14/h1,4H,2-3H2. The molecule has 1 aromatic rings. The minimum atomic E-state index is -4.57. The Hall–Kier alpha value is -1.74. The Morgan fingerprint density at radius 3 is 1.56 bits per heavy atom. The van der Waals surface area contributed by atoms with Gasteiger partial charge in [0.15, 0.2) is 13.2 Å². The number of hydrogen-bond donors (Lipinski definition) is 0. The third kappa shape index (κ3) is 6.11. The zero-order chi connectivity index (χ0) is 13.8. The molecule has 102 valence electrons. The summed E-state index contributed by atoms with van der Waals surface area (Å²) < 4.78 is 79.2. The van der Waals surface area contributed by atoms with Gasteiger partial charge in [0, 0.05) is 0 Å². The highest BCUT2D eigenvalue weighted by Gasteiger charge is 2.30. The molecule has 4 nitrogen and oxygen atoms in total. The molecule has 0 N–H and O–H groups in total. The number of aromatic nitrogens is 2. The lowest BCUT2D eigenvalue weighted by atomic mass is 10.6. The van der Waals surface area contributed by atoms with Crippen LogP contribution in [0.2, 0.25) is 0 Å². The fourth-order valence-electron chi connectivity index (χ4n) is 0.792. The lowest BCUT2D eigenvalue weighted by Gasteiger charge is -2.10. The summed E-state index contributed by atoms with van der Waals surface area (Å²) in [6.07, 6.45) is -8.41. The Bertz CT molecular complexity index is 359. The van der Waals surface area contributed by atoms with Crippen molar-refractivity contribution in [3.63, 3.8) is 0 Å². The van der Waals surface area contributed by atoms with E-state index in [2.05, 4.69) is 19.4 Å². The zero-order valence-corrected chi connectivity index (χ0v) is 8.55. The van der Waals surface area contributed by atoms with Gasteiger partial charge in [0.25, 0.3) is 0 Å². The SMILES string of the molecule is FC(F)(F)COc1cc(OCC(F)(F)F)ncn1. The first-order valence-electron chi connectivity index (χ1n) is 4.37. The molecule has 0 unspecified atom stereocenters. The summed E-state index contributed by atoms with van der Waals surface area (Å²) in [5, 5.41) is 0. The van der Waals surface area contributed by atoms with E-state index in [4.69, 9.17) is 0 Å². The highest BCUT2D eigenvalue weighted by atomic mass is 19.4. The van der Waals surface area contributed by atoms with Crippen LogP contribution in [0.25, 0.3) is 0 Å². The van der Waals surface area contributed by atoms with Crippen LogP contribution in [-0.4, -0.2) is 35.5 Å². The van der Waals surface area contributed by atoms with Gasteiger partial charge in [-0.05, 0) is 0 Å². The summed E-state index contributed by atoms with van der Waals surface area (Å²) >= 11 is 0. The molecule has 1 aromatic heterocycles.